The summed E-state index contributed by atoms with van der Waals surface area (Å²) < 4.78 is 0. The van der Waals surface area contributed by atoms with Gasteiger partial charge < -0.3 is 10.2 Å². The van der Waals surface area contributed by atoms with E-state index in [2.05, 4.69) is 10.3 Å². The zero-order valence-electron chi connectivity index (χ0n) is 10.4. The van der Waals surface area contributed by atoms with Gasteiger partial charge in [0.15, 0.2) is 0 Å². The van der Waals surface area contributed by atoms with E-state index in [1.54, 1.807) is 6.20 Å². The third-order valence-corrected chi connectivity index (χ3v) is 3.18. The minimum atomic E-state index is 0.104. The number of likely N-dealkylation sites (N-methyl/N-ethyl adjacent to an activating group) is 1. The highest BCUT2D eigenvalue weighted by Crippen LogP contribution is 2.25. The fraction of sp³-hybridized carbons (Fsp3) is 0.538. The van der Waals surface area contributed by atoms with Crippen LogP contribution in [0.3, 0.4) is 0 Å². The highest BCUT2D eigenvalue weighted by molar-refractivity contribution is 5.78. The standard InChI is InChI=1S/C13H19N3O/c1-10(12-5-3-4-8-14-12)15-9-13(17)16(2)11-6-7-11/h3-5,8,10-11,15H,6-7,9H2,1-2H3/t10-/m0/s1. The van der Waals surface area contributed by atoms with Gasteiger partial charge in [-0.2, -0.15) is 0 Å². The summed E-state index contributed by atoms with van der Waals surface area (Å²) in [6.45, 7) is 2.40. The monoisotopic (exact) mass is 233 g/mol. The van der Waals surface area contributed by atoms with Gasteiger partial charge in [-0.05, 0) is 31.9 Å². The smallest absolute Gasteiger partial charge is 0.236 e. The topological polar surface area (TPSA) is 45.2 Å². The van der Waals surface area contributed by atoms with Crippen molar-refractivity contribution < 1.29 is 4.79 Å². The van der Waals surface area contributed by atoms with Crippen LogP contribution in [0.4, 0.5) is 0 Å². The van der Waals surface area contributed by atoms with Crippen molar-refractivity contribution in [3.63, 3.8) is 0 Å². The fourth-order valence-electron chi connectivity index (χ4n) is 1.77. The minimum Gasteiger partial charge on any atom is -0.342 e. The van der Waals surface area contributed by atoms with E-state index in [9.17, 15) is 4.79 Å². The van der Waals surface area contributed by atoms with E-state index in [1.807, 2.05) is 37.1 Å². The highest BCUT2D eigenvalue weighted by atomic mass is 16.2. The Hall–Kier alpha value is -1.42. The van der Waals surface area contributed by atoms with Crippen LogP contribution in [0.2, 0.25) is 0 Å². The van der Waals surface area contributed by atoms with Crippen LogP contribution >= 0.6 is 0 Å². The predicted octanol–water partition coefficient (Wildman–Crippen LogP) is 1.35. The number of amides is 1. The third-order valence-electron chi connectivity index (χ3n) is 3.18. The van der Waals surface area contributed by atoms with Crippen molar-refractivity contribution in [2.24, 2.45) is 0 Å². The summed E-state index contributed by atoms with van der Waals surface area (Å²) in [6, 6.07) is 6.40. The Morgan fingerprint density at radius 3 is 2.94 bits per heavy atom. The molecule has 1 heterocycles. The van der Waals surface area contributed by atoms with Gasteiger partial charge in [0.05, 0.1) is 12.2 Å². The van der Waals surface area contributed by atoms with Gasteiger partial charge in [0.2, 0.25) is 5.91 Å². The van der Waals surface area contributed by atoms with E-state index in [0.29, 0.717) is 12.6 Å². The lowest BCUT2D eigenvalue weighted by Crippen LogP contribution is -2.37. The summed E-state index contributed by atoms with van der Waals surface area (Å²) in [5, 5.41) is 3.21. The molecular weight excluding hydrogens is 214 g/mol. The average Bonchev–Trinajstić information content (AvgIpc) is 3.20. The Morgan fingerprint density at radius 2 is 2.35 bits per heavy atom. The maximum atomic E-state index is 11.8. The summed E-state index contributed by atoms with van der Waals surface area (Å²) >= 11 is 0. The molecule has 17 heavy (non-hydrogen) atoms. The third kappa shape index (κ3) is 3.27. The number of pyridine rings is 1. The highest BCUT2D eigenvalue weighted by Gasteiger charge is 2.29. The fourth-order valence-corrected chi connectivity index (χ4v) is 1.77. The molecular formula is C13H19N3O. The van der Waals surface area contributed by atoms with Gasteiger partial charge in [-0.3, -0.25) is 9.78 Å². The van der Waals surface area contributed by atoms with Crippen LogP contribution in [0.5, 0.6) is 0 Å². The maximum absolute atomic E-state index is 11.8. The van der Waals surface area contributed by atoms with Gasteiger partial charge in [-0.1, -0.05) is 6.07 Å². The molecule has 0 bridgehead atoms. The molecule has 0 spiro atoms. The van der Waals surface area contributed by atoms with Gasteiger partial charge in [0.25, 0.3) is 0 Å². The molecule has 1 saturated carbocycles. The SMILES string of the molecule is C[C@H](NCC(=O)N(C)C1CC1)c1ccccn1. The molecule has 92 valence electrons. The molecule has 1 amide bonds. The Bertz CT molecular complexity index is 376. The quantitative estimate of drug-likeness (QED) is 0.835. The van der Waals surface area contributed by atoms with Crippen LogP contribution in [-0.4, -0.2) is 35.4 Å². The van der Waals surface area contributed by atoms with Crippen molar-refractivity contribution in [1.29, 1.82) is 0 Å². The largest absolute Gasteiger partial charge is 0.342 e. The number of rotatable bonds is 5. The van der Waals surface area contributed by atoms with E-state index < -0.39 is 0 Å². The lowest BCUT2D eigenvalue weighted by atomic mass is 10.2. The van der Waals surface area contributed by atoms with Crippen LogP contribution < -0.4 is 5.32 Å². The van der Waals surface area contributed by atoms with E-state index in [1.165, 1.54) is 0 Å². The van der Waals surface area contributed by atoms with Crippen molar-refractivity contribution >= 4 is 5.91 Å². The number of carbonyl (C=O) groups excluding carboxylic acids is 1. The molecule has 4 nitrogen and oxygen atoms in total. The first-order valence-electron chi connectivity index (χ1n) is 6.08. The van der Waals surface area contributed by atoms with Crippen molar-refractivity contribution in [2.75, 3.05) is 13.6 Å². The molecule has 0 radical (unpaired) electrons. The zero-order chi connectivity index (χ0) is 12.3. The van der Waals surface area contributed by atoms with Gasteiger partial charge in [0, 0.05) is 25.3 Å². The Kier molecular flexibility index (Phi) is 3.74. The van der Waals surface area contributed by atoms with E-state index in [-0.39, 0.29) is 11.9 Å². The molecule has 1 atom stereocenters. The van der Waals surface area contributed by atoms with Gasteiger partial charge in [-0.15, -0.1) is 0 Å². The van der Waals surface area contributed by atoms with Crippen LogP contribution in [0.15, 0.2) is 24.4 Å². The summed E-state index contributed by atoms with van der Waals surface area (Å²) in [5.74, 6) is 0.162. The van der Waals surface area contributed by atoms with Crippen LogP contribution in [0.1, 0.15) is 31.5 Å². The Labute approximate surface area is 102 Å². The lowest BCUT2D eigenvalue weighted by Gasteiger charge is -2.18. The van der Waals surface area contributed by atoms with Gasteiger partial charge in [0.1, 0.15) is 0 Å². The van der Waals surface area contributed by atoms with Crippen molar-refractivity contribution in [1.82, 2.24) is 15.2 Å². The lowest BCUT2D eigenvalue weighted by molar-refractivity contribution is -0.129. The zero-order valence-corrected chi connectivity index (χ0v) is 10.4. The molecule has 1 aliphatic carbocycles. The molecule has 4 heteroatoms. The van der Waals surface area contributed by atoms with Crippen molar-refractivity contribution in [3.8, 4) is 0 Å². The molecule has 0 unspecified atom stereocenters. The molecule has 0 aromatic carbocycles. The molecule has 0 saturated heterocycles. The van der Waals surface area contributed by atoms with E-state index >= 15 is 0 Å². The maximum Gasteiger partial charge on any atom is 0.236 e. The predicted molar refractivity (Wildman–Crippen MR) is 66.4 cm³/mol. The molecule has 1 aromatic heterocycles. The number of aromatic nitrogens is 1. The van der Waals surface area contributed by atoms with Crippen molar-refractivity contribution in [2.45, 2.75) is 31.8 Å². The number of nitrogens with one attached hydrogen (secondary N) is 1. The van der Waals surface area contributed by atoms with E-state index in [4.69, 9.17) is 0 Å². The number of hydrogen-bond donors (Lipinski definition) is 1. The molecule has 1 aliphatic rings. The second-order valence-electron chi connectivity index (χ2n) is 4.59. The van der Waals surface area contributed by atoms with Crippen molar-refractivity contribution in [3.05, 3.63) is 30.1 Å². The Morgan fingerprint density at radius 1 is 1.59 bits per heavy atom. The molecule has 1 N–H and O–H groups in total. The minimum absolute atomic E-state index is 0.104. The summed E-state index contributed by atoms with van der Waals surface area (Å²) in [5.41, 5.74) is 0.967. The van der Waals surface area contributed by atoms with E-state index in [0.717, 1.165) is 18.5 Å². The van der Waals surface area contributed by atoms with Gasteiger partial charge >= 0.3 is 0 Å². The molecule has 1 fully saturated rings. The van der Waals surface area contributed by atoms with Crippen LogP contribution in [0.25, 0.3) is 0 Å². The first kappa shape index (κ1) is 12.0. The number of hydrogen-bond acceptors (Lipinski definition) is 3. The molecule has 0 aliphatic heterocycles. The molecule has 1 aromatic rings. The summed E-state index contributed by atoms with van der Waals surface area (Å²) in [4.78, 5) is 17.9. The first-order chi connectivity index (χ1) is 8.18. The summed E-state index contributed by atoms with van der Waals surface area (Å²) in [6.07, 6.45) is 4.07. The van der Waals surface area contributed by atoms with Gasteiger partial charge in [-0.25, -0.2) is 0 Å². The summed E-state index contributed by atoms with van der Waals surface area (Å²) in [7, 11) is 1.88. The second-order valence-corrected chi connectivity index (χ2v) is 4.59. The number of carbonyl (C=O) groups is 1. The second kappa shape index (κ2) is 5.27. The first-order valence-corrected chi connectivity index (χ1v) is 6.08. The molecule has 2 rings (SSSR count). The average molecular weight is 233 g/mol. The number of nitrogens with zero attached hydrogens (tertiary/aromatic N) is 2. The van der Waals surface area contributed by atoms with Crippen LogP contribution in [-0.2, 0) is 4.79 Å². The normalized spacial score (nSPS) is 16.6. The Balaban J connectivity index is 1.79. The van der Waals surface area contributed by atoms with Crippen LogP contribution in [0, 0.1) is 0 Å².